The SMILES string of the molecule is CC.CCCC(C)(C(C)=O)c1ccc(Cl)c(Cl)c1.CCCC(CCC)NS(C)(=O)=O.CCc1ccc(-c2ccncc2)cc1. The van der Waals surface area contributed by atoms with Crippen LogP contribution < -0.4 is 4.72 Å². The zero-order chi connectivity index (χ0) is 33.8. The van der Waals surface area contributed by atoms with Crippen molar-refractivity contribution in [2.24, 2.45) is 0 Å². The average molecular weight is 666 g/mol. The van der Waals surface area contributed by atoms with Gasteiger partial charge in [0.2, 0.25) is 10.0 Å². The maximum absolute atomic E-state index is 11.8. The van der Waals surface area contributed by atoms with E-state index in [1.165, 1.54) is 22.9 Å². The molecular formula is C36H54Cl2N2O3S. The van der Waals surface area contributed by atoms with Crippen LogP contribution in [0.25, 0.3) is 11.1 Å². The molecule has 1 aromatic heterocycles. The normalized spacial score (nSPS) is 12.0. The van der Waals surface area contributed by atoms with E-state index in [1.807, 2.05) is 51.4 Å². The molecule has 5 nitrogen and oxygen atoms in total. The van der Waals surface area contributed by atoms with Crippen LogP contribution >= 0.6 is 23.2 Å². The van der Waals surface area contributed by atoms with Gasteiger partial charge in [0.25, 0.3) is 0 Å². The topological polar surface area (TPSA) is 76.1 Å². The number of nitrogens with one attached hydrogen (secondary N) is 1. The van der Waals surface area contributed by atoms with Gasteiger partial charge in [-0.2, -0.15) is 0 Å². The van der Waals surface area contributed by atoms with Gasteiger partial charge in [0.15, 0.2) is 0 Å². The number of Topliss-reactive ketones (excluding diaryl/α,β-unsaturated/α-hetero) is 1. The molecular weight excluding hydrogens is 611 g/mol. The standard InChI is InChI=1S/C13H16Cl2O.C13H13N.C8H19NO2S.C2H6/c1-4-7-13(3,9(2)16)10-5-6-11(14)12(15)8-10;1-2-11-3-5-12(6-4-11)13-7-9-14-10-8-13;1-4-6-8(7-5-2)9-12(3,10)11;1-2/h5-6,8H,4,7H2,1-3H3;3-10H,2H2,1H3;8-9H,4-7H2,1-3H3;1-2H3. The van der Waals surface area contributed by atoms with Crippen molar-refractivity contribution in [1.82, 2.24) is 9.71 Å². The molecule has 44 heavy (non-hydrogen) atoms. The summed E-state index contributed by atoms with van der Waals surface area (Å²) in [5, 5.41) is 1.02. The minimum Gasteiger partial charge on any atom is -0.299 e. The molecule has 1 unspecified atom stereocenters. The lowest BCUT2D eigenvalue weighted by molar-refractivity contribution is -0.122. The minimum atomic E-state index is -3.02. The quantitative estimate of drug-likeness (QED) is 0.209. The Morgan fingerprint density at radius 2 is 1.36 bits per heavy atom. The van der Waals surface area contributed by atoms with Crippen molar-refractivity contribution in [2.45, 2.75) is 112 Å². The molecule has 0 aliphatic heterocycles. The fourth-order valence-corrected chi connectivity index (χ4v) is 5.74. The molecule has 0 bridgehead atoms. The molecule has 0 saturated carbocycles. The number of nitrogens with zero attached hydrogens (tertiary/aromatic N) is 1. The number of sulfonamides is 1. The Bertz CT molecular complexity index is 1310. The highest BCUT2D eigenvalue weighted by Crippen LogP contribution is 2.34. The first-order valence-corrected chi connectivity index (χ1v) is 18.4. The Morgan fingerprint density at radius 3 is 1.77 bits per heavy atom. The van der Waals surface area contributed by atoms with Crippen LogP contribution in [0.1, 0.15) is 105 Å². The summed E-state index contributed by atoms with van der Waals surface area (Å²) in [4.78, 5) is 15.8. The van der Waals surface area contributed by atoms with Gasteiger partial charge in [-0.15, -0.1) is 0 Å². The summed E-state index contributed by atoms with van der Waals surface area (Å²) >= 11 is 11.9. The molecule has 0 radical (unpaired) electrons. The highest BCUT2D eigenvalue weighted by molar-refractivity contribution is 7.88. The van der Waals surface area contributed by atoms with Gasteiger partial charge in [-0.25, -0.2) is 13.1 Å². The lowest BCUT2D eigenvalue weighted by atomic mass is 9.76. The molecule has 0 aliphatic rings. The first-order valence-electron chi connectivity index (χ1n) is 15.7. The lowest BCUT2D eigenvalue weighted by Gasteiger charge is -2.27. The number of aryl methyl sites for hydroxylation is 1. The molecule has 1 atom stereocenters. The molecule has 1 N–H and O–H groups in total. The maximum atomic E-state index is 11.8. The van der Waals surface area contributed by atoms with Crippen molar-refractivity contribution in [1.29, 1.82) is 0 Å². The van der Waals surface area contributed by atoms with Crippen molar-refractivity contribution in [3.05, 3.63) is 88.2 Å². The van der Waals surface area contributed by atoms with Gasteiger partial charge in [-0.3, -0.25) is 9.78 Å². The number of rotatable bonds is 12. The molecule has 0 spiro atoms. The molecule has 0 saturated heterocycles. The van der Waals surface area contributed by atoms with Crippen LogP contribution in [0.5, 0.6) is 0 Å². The van der Waals surface area contributed by atoms with Crippen LogP contribution in [-0.4, -0.2) is 31.5 Å². The number of hydrogen-bond donors (Lipinski definition) is 1. The Balaban J connectivity index is 0.000000619. The van der Waals surface area contributed by atoms with E-state index in [4.69, 9.17) is 23.2 Å². The van der Waals surface area contributed by atoms with Crippen LogP contribution in [-0.2, 0) is 26.7 Å². The molecule has 2 aromatic carbocycles. The van der Waals surface area contributed by atoms with E-state index in [0.717, 1.165) is 50.5 Å². The first-order chi connectivity index (χ1) is 20.8. The summed E-state index contributed by atoms with van der Waals surface area (Å²) in [7, 11) is -3.02. The summed E-state index contributed by atoms with van der Waals surface area (Å²) in [5.74, 6) is 0.160. The first kappa shape index (κ1) is 41.8. The maximum Gasteiger partial charge on any atom is 0.208 e. The Hall–Kier alpha value is -2.25. The second-order valence-electron chi connectivity index (χ2n) is 10.7. The highest BCUT2D eigenvalue weighted by Gasteiger charge is 2.31. The fraction of sp³-hybridized carbons (Fsp3) is 0.500. The molecule has 3 aromatic rings. The van der Waals surface area contributed by atoms with Crippen molar-refractivity contribution in [3.8, 4) is 11.1 Å². The molecule has 8 heteroatoms. The van der Waals surface area contributed by atoms with E-state index < -0.39 is 15.4 Å². The molecule has 0 fully saturated rings. The third-order valence-electron chi connectivity index (χ3n) is 7.11. The van der Waals surface area contributed by atoms with Crippen molar-refractivity contribution < 1.29 is 13.2 Å². The predicted molar refractivity (Wildman–Crippen MR) is 191 cm³/mol. The van der Waals surface area contributed by atoms with Crippen molar-refractivity contribution >= 4 is 39.0 Å². The van der Waals surface area contributed by atoms with Gasteiger partial charge in [-0.1, -0.05) is 114 Å². The highest BCUT2D eigenvalue weighted by atomic mass is 35.5. The third-order valence-corrected chi connectivity index (χ3v) is 8.62. The number of carbonyl (C=O) groups excluding carboxylic acids is 1. The van der Waals surface area contributed by atoms with E-state index in [-0.39, 0.29) is 11.8 Å². The Labute approximate surface area is 278 Å². The van der Waals surface area contributed by atoms with Crippen LogP contribution in [0.2, 0.25) is 10.0 Å². The summed E-state index contributed by atoms with van der Waals surface area (Å²) in [6.07, 6.45) is 11.6. The number of pyridine rings is 1. The monoisotopic (exact) mass is 664 g/mol. The number of halogens is 2. The zero-order valence-corrected chi connectivity index (χ0v) is 30.5. The van der Waals surface area contributed by atoms with Crippen molar-refractivity contribution in [2.75, 3.05) is 6.26 Å². The second-order valence-corrected chi connectivity index (χ2v) is 13.3. The molecule has 246 valence electrons. The van der Waals surface area contributed by atoms with Gasteiger partial charge >= 0.3 is 0 Å². The summed E-state index contributed by atoms with van der Waals surface area (Å²) in [5.41, 5.74) is 4.34. The molecule has 1 heterocycles. The number of hydrogen-bond acceptors (Lipinski definition) is 4. The van der Waals surface area contributed by atoms with E-state index in [1.54, 1.807) is 19.1 Å². The molecule has 3 rings (SSSR count). The van der Waals surface area contributed by atoms with Gasteiger partial charge < -0.3 is 0 Å². The number of benzene rings is 2. The van der Waals surface area contributed by atoms with E-state index in [9.17, 15) is 13.2 Å². The molecule has 0 aliphatic carbocycles. The minimum absolute atomic E-state index is 0.134. The largest absolute Gasteiger partial charge is 0.299 e. The van der Waals surface area contributed by atoms with Crippen LogP contribution in [0.4, 0.5) is 0 Å². The zero-order valence-electron chi connectivity index (χ0n) is 28.2. The fourth-order valence-electron chi connectivity index (χ4n) is 4.60. The number of aromatic nitrogens is 1. The van der Waals surface area contributed by atoms with E-state index in [0.29, 0.717) is 10.0 Å². The summed E-state index contributed by atoms with van der Waals surface area (Å²) < 4.78 is 24.4. The van der Waals surface area contributed by atoms with Gasteiger partial charge in [0.1, 0.15) is 5.78 Å². The van der Waals surface area contributed by atoms with Gasteiger partial charge in [0.05, 0.1) is 21.7 Å². The van der Waals surface area contributed by atoms with Gasteiger partial charge in [0, 0.05) is 18.4 Å². The average Bonchev–Trinajstić information content (AvgIpc) is 3.00. The van der Waals surface area contributed by atoms with Crippen molar-refractivity contribution in [3.63, 3.8) is 0 Å². The van der Waals surface area contributed by atoms with Crippen LogP contribution in [0.15, 0.2) is 67.0 Å². The Kier molecular flexibility index (Phi) is 21.1. The summed E-state index contributed by atoms with van der Waals surface area (Å²) in [6.45, 7) is 15.9. The van der Waals surface area contributed by atoms with Crippen LogP contribution in [0.3, 0.4) is 0 Å². The van der Waals surface area contributed by atoms with E-state index in [2.05, 4.69) is 61.7 Å². The van der Waals surface area contributed by atoms with Crippen LogP contribution in [0, 0.1) is 0 Å². The second kappa shape index (κ2) is 22.3. The number of ketones is 1. The third kappa shape index (κ3) is 15.7. The smallest absolute Gasteiger partial charge is 0.208 e. The lowest BCUT2D eigenvalue weighted by Crippen LogP contribution is -2.33. The number of carbonyl (C=O) groups is 1. The van der Waals surface area contributed by atoms with Gasteiger partial charge in [-0.05, 0) is 86.1 Å². The van der Waals surface area contributed by atoms with E-state index >= 15 is 0 Å². The summed E-state index contributed by atoms with van der Waals surface area (Å²) in [6, 6.07) is 18.3. The molecule has 0 amide bonds. The Morgan fingerprint density at radius 1 is 0.841 bits per heavy atom. The predicted octanol–water partition coefficient (Wildman–Crippen LogP) is 10.5.